The number of amides is 4. The molecule has 0 bridgehead atoms. The number of hydrogen-bond donors (Lipinski definition) is 1. The maximum atomic E-state index is 13.7. The molecule has 0 atom stereocenters. The minimum Gasteiger partial charge on any atom is -0.497 e. The van der Waals surface area contributed by atoms with Crippen LogP contribution in [-0.4, -0.2) is 25.0 Å². The van der Waals surface area contributed by atoms with Gasteiger partial charge in [0.25, 0.3) is 11.8 Å². The first-order chi connectivity index (χ1) is 16.3. The number of rotatable bonds is 5. The second-order valence-corrected chi connectivity index (χ2v) is 8.24. The Morgan fingerprint density at radius 1 is 1.00 bits per heavy atom. The molecule has 3 aromatic rings. The average molecular weight is 499 g/mol. The summed E-state index contributed by atoms with van der Waals surface area (Å²) in [5, 5.41) is 2.57. The van der Waals surface area contributed by atoms with Crippen LogP contribution >= 0.6 is 23.2 Å². The first kappa shape index (κ1) is 23.5. The van der Waals surface area contributed by atoms with Crippen molar-refractivity contribution in [3.8, 4) is 5.75 Å². The van der Waals surface area contributed by atoms with Crippen LogP contribution in [0.1, 0.15) is 16.7 Å². The molecule has 9 heteroatoms. The van der Waals surface area contributed by atoms with Crippen molar-refractivity contribution in [2.75, 3.05) is 12.0 Å². The molecular weight excluding hydrogens is 482 g/mol. The fourth-order valence-electron chi connectivity index (χ4n) is 3.54. The number of urea groups is 1. The van der Waals surface area contributed by atoms with Crippen LogP contribution in [0.5, 0.6) is 5.75 Å². The number of methoxy groups -OCH3 is 1. The Labute approximate surface area is 204 Å². The largest absolute Gasteiger partial charge is 0.497 e. The van der Waals surface area contributed by atoms with Gasteiger partial charge in [-0.25, -0.2) is 14.1 Å². The normalized spacial score (nSPS) is 15.0. The predicted molar refractivity (Wildman–Crippen MR) is 128 cm³/mol. The van der Waals surface area contributed by atoms with Gasteiger partial charge in [0, 0.05) is 0 Å². The van der Waals surface area contributed by atoms with Crippen molar-refractivity contribution >= 4 is 52.8 Å². The molecule has 1 heterocycles. The van der Waals surface area contributed by atoms with Gasteiger partial charge in [-0.2, -0.15) is 0 Å². The first-order valence-corrected chi connectivity index (χ1v) is 10.8. The number of carbonyl (C=O) groups is 3. The summed E-state index contributed by atoms with van der Waals surface area (Å²) in [4.78, 5) is 39.1. The van der Waals surface area contributed by atoms with Crippen molar-refractivity contribution in [3.63, 3.8) is 0 Å². The van der Waals surface area contributed by atoms with Crippen molar-refractivity contribution in [3.05, 3.63) is 98.8 Å². The Morgan fingerprint density at radius 2 is 1.79 bits per heavy atom. The lowest BCUT2D eigenvalue weighted by atomic mass is 9.97. The van der Waals surface area contributed by atoms with E-state index in [1.54, 1.807) is 30.3 Å². The maximum Gasteiger partial charge on any atom is 0.335 e. The highest BCUT2D eigenvalue weighted by Crippen LogP contribution is 2.30. The average Bonchev–Trinajstić information content (AvgIpc) is 2.79. The minimum absolute atomic E-state index is 0.148. The molecule has 4 amide bonds. The fraction of sp³-hybridized carbons (Fsp3) is 0.0800. The molecule has 0 saturated carbocycles. The maximum absolute atomic E-state index is 13.7. The van der Waals surface area contributed by atoms with Crippen LogP contribution in [0, 0.1) is 5.82 Å². The zero-order valence-electron chi connectivity index (χ0n) is 17.8. The van der Waals surface area contributed by atoms with Gasteiger partial charge in [0.1, 0.15) is 17.1 Å². The molecular formula is C25H17Cl2FN2O4. The lowest BCUT2D eigenvalue weighted by molar-refractivity contribution is -0.122. The van der Waals surface area contributed by atoms with Gasteiger partial charge < -0.3 is 4.74 Å². The number of hydrogen-bond acceptors (Lipinski definition) is 4. The van der Waals surface area contributed by atoms with Crippen molar-refractivity contribution in [1.82, 2.24) is 5.32 Å². The summed E-state index contributed by atoms with van der Waals surface area (Å²) < 4.78 is 19.0. The Morgan fingerprint density at radius 3 is 2.50 bits per heavy atom. The molecule has 0 radical (unpaired) electrons. The van der Waals surface area contributed by atoms with Gasteiger partial charge in [-0.15, -0.1) is 0 Å². The van der Waals surface area contributed by atoms with E-state index in [-0.39, 0.29) is 27.1 Å². The third kappa shape index (κ3) is 4.81. The van der Waals surface area contributed by atoms with E-state index in [1.807, 2.05) is 0 Å². The van der Waals surface area contributed by atoms with E-state index in [9.17, 15) is 18.8 Å². The topological polar surface area (TPSA) is 75.7 Å². The first-order valence-electron chi connectivity index (χ1n) is 10.0. The second-order valence-electron chi connectivity index (χ2n) is 7.43. The molecule has 1 fully saturated rings. The molecule has 6 nitrogen and oxygen atoms in total. The summed E-state index contributed by atoms with van der Waals surface area (Å²) in [6, 6.07) is 14.6. The molecule has 4 rings (SSSR count). The van der Waals surface area contributed by atoms with Gasteiger partial charge in [-0.05, 0) is 71.7 Å². The molecule has 1 saturated heterocycles. The molecule has 0 spiro atoms. The summed E-state index contributed by atoms with van der Waals surface area (Å²) >= 11 is 12.0. The van der Waals surface area contributed by atoms with E-state index < -0.39 is 17.8 Å². The van der Waals surface area contributed by atoms with Gasteiger partial charge in [0.15, 0.2) is 0 Å². The Hall–Kier alpha value is -3.68. The minimum atomic E-state index is -0.903. The molecule has 0 aliphatic carbocycles. The summed E-state index contributed by atoms with van der Waals surface area (Å²) in [7, 11) is 1.51. The van der Waals surface area contributed by atoms with Crippen molar-refractivity contribution in [2.24, 2.45) is 0 Å². The Kier molecular flexibility index (Phi) is 6.68. The Balaban J connectivity index is 1.76. The summed E-state index contributed by atoms with van der Waals surface area (Å²) in [6.07, 6.45) is 1.71. The smallest absolute Gasteiger partial charge is 0.335 e. The van der Waals surface area contributed by atoms with Gasteiger partial charge in [0.2, 0.25) is 0 Å². The van der Waals surface area contributed by atoms with Gasteiger partial charge in [0.05, 0.1) is 22.8 Å². The van der Waals surface area contributed by atoms with E-state index in [2.05, 4.69) is 5.32 Å². The molecule has 34 heavy (non-hydrogen) atoms. The standard InChI is InChI=1S/C25H17Cl2FN2O4/c1-34-19-7-5-15(16(11-19)9-14-3-2-4-17(28)10-14)12-20-23(31)29-25(33)30(24(20)32)18-6-8-21(26)22(27)13-18/h2-8,10-13H,9H2,1H3,(H,29,31,33)/b20-12+. The van der Waals surface area contributed by atoms with Crippen LogP contribution in [0.4, 0.5) is 14.9 Å². The number of benzene rings is 3. The molecule has 172 valence electrons. The van der Waals surface area contributed by atoms with E-state index in [1.165, 1.54) is 43.5 Å². The molecule has 0 aromatic heterocycles. The van der Waals surface area contributed by atoms with Gasteiger partial charge >= 0.3 is 6.03 Å². The molecule has 3 aromatic carbocycles. The lowest BCUT2D eigenvalue weighted by Gasteiger charge is -2.26. The van der Waals surface area contributed by atoms with Crippen molar-refractivity contribution in [2.45, 2.75) is 6.42 Å². The third-order valence-corrected chi connectivity index (χ3v) is 5.94. The van der Waals surface area contributed by atoms with E-state index in [0.717, 1.165) is 4.90 Å². The van der Waals surface area contributed by atoms with Crippen LogP contribution in [0.3, 0.4) is 0 Å². The quantitative estimate of drug-likeness (QED) is 0.377. The highest BCUT2D eigenvalue weighted by atomic mass is 35.5. The van der Waals surface area contributed by atoms with Crippen molar-refractivity contribution < 1.29 is 23.5 Å². The molecule has 1 aliphatic heterocycles. The number of barbiturate groups is 1. The van der Waals surface area contributed by atoms with E-state index in [0.29, 0.717) is 28.9 Å². The SMILES string of the molecule is COc1ccc(/C=C2\C(=O)NC(=O)N(c3ccc(Cl)c(Cl)c3)C2=O)c(Cc2cccc(F)c2)c1. The number of imide groups is 2. The summed E-state index contributed by atoms with van der Waals surface area (Å²) in [5.41, 5.74) is 1.82. The van der Waals surface area contributed by atoms with Crippen LogP contribution in [0.2, 0.25) is 10.0 Å². The fourth-order valence-corrected chi connectivity index (χ4v) is 3.83. The molecule has 1 N–H and O–H groups in total. The molecule has 1 aliphatic rings. The van der Waals surface area contributed by atoms with Crippen molar-refractivity contribution in [1.29, 1.82) is 0 Å². The highest BCUT2D eigenvalue weighted by molar-refractivity contribution is 6.43. The highest BCUT2D eigenvalue weighted by Gasteiger charge is 2.37. The zero-order chi connectivity index (χ0) is 24.4. The van der Waals surface area contributed by atoms with E-state index in [4.69, 9.17) is 27.9 Å². The number of nitrogens with zero attached hydrogens (tertiary/aromatic N) is 1. The summed E-state index contributed by atoms with van der Waals surface area (Å²) in [6.45, 7) is 0. The van der Waals surface area contributed by atoms with Crippen LogP contribution in [0.25, 0.3) is 6.08 Å². The molecule has 0 unspecified atom stereocenters. The number of anilines is 1. The number of ether oxygens (including phenoxy) is 1. The number of carbonyl (C=O) groups excluding carboxylic acids is 3. The van der Waals surface area contributed by atoms with Crippen LogP contribution in [0.15, 0.2) is 66.2 Å². The van der Waals surface area contributed by atoms with Gasteiger partial charge in [-0.3, -0.25) is 14.9 Å². The van der Waals surface area contributed by atoms with E-state index >= 15 is 0 Å². The third-order valence-electron chi connectivity index (χ3n) is 5.20. The lowest BCUT2D eigenvalue weighted by Crippen LogP contribution is -2.54. The zero-order valence-corrected chi connectivity index (χ0v) is 19.3. The Bertz CT molecular complexity index is 1360. The van der Waals surface area contributed by atoms with Crippen LogP contribution in [-0.2, 0) is 16.0 Å². The number of nitrogens with one attached hydrogen (secondary N) is 1. The second kappa shape index (κ2) is 9.67. The number of halogens is 3. The summed E-state index contributed by atoms with van der Waals surface area (Å²) in [5.74, 6) is -1.48. The predicted octanol–water partition coefficient (Wildman–Crippen LogP) is 5.40. The monoisotopic (exact) mass is 498 g/mol. The van der Waals surface area contributed by atoms with Crippen LogP contribution < -0.4 is 15.0 Å². The van der Waals surface area contributed by atoms with Gasteiger partial charge in [-0.1, -0.05) is 41.4 Å².